The quantitative estimate of drug-likeness (QED) is 0.891. The normalized spacial score (nSPS) is 13.8. The summed E-state index contributed by atoms with van der Waals surface area (Å²) >= 11 is 5.73. The summed E-state index contributed by atoms with van der Waals surface area (Å²) in [5.41, 5.74) is 6.76. The molecule has 0 spiro atoms. The van der Waals surface area contributed by atoms with E-state index >= 15 is 0 Å². The Morgan fingerprint density at radius 2 is 1.90 bits per heavy atom. The molecule has 2 aromatic carbocycles. The first-order valence-electron chi connectivity index (χ1n) is 6.54. The molecule has 0 heterocycles. The Morgan fingerprint density at radius 1 is 1.24 bits per heavy atom. The fraction of sp³-hybridized carbons (Fsp3) is 0.250. The number of benzene rings is 2. The number of hydrogen-bond donors (Lipinski definition) is 2. The summed E-state index contributed by atoms with van der Waals surface area (Å²) in [5, 5.41) is 10.7. The topological polar surface area (TPSA) is 55.5 Å². The summed E-state index contributed by atoms with van der Waals surface area (Å²) in [6.07, 6.45) is -1.04. The second kappa shape index (κ2) is 6.89. The lowest BCUT2D eigenvalue weighted by molar-refractivity contribution is 0.143. The summed E-state index contributed by atoms with van der Waals surface area (Å²) in [4.78, 5) is 0. The Balaban J connectivity index is 2.30. The predicted molar refractivity (Wildman–Crippen MR) is 81.2 cm³/mol. The zero-order valence-electron chi connectivity index (χ0n) is 11.6. The third kappa shape index (κ3) is 3.53. The molecule has 0 aliphatic heterocycles. The standard InChI is InChI=1S/C16H17ClFNO2/c1-21-12-5-2-10(3-6-12)14(9-19)16(20)13-7-4-11(17)8-15(13)18/h2-8,14,16,20H,9,19H2,1H3. The van der Waals surface area contributed by atoms with Crippen molar-refractivity contribution in [3.8, 4) is 5.75 Å². The summed E-state index contributed by atoms with van der Waals surface area (Å²) in [5.74, 6) is -0.241. The number of aliphatic hydroxyl groups is 1. The first kappa shape index (κ1) is 15.8. The van der Waals surface area contributed by atoms with E-state index in [-0.39, 0.29) is 17.1 Å². The molecule has 0 aliphatic carbocycles. The van der Waals surface area contributed by atoms with E-state index in [9.17, 15) is 9.50 Å². The molecule has 2 atom stereocenters. The smallest absolute Gasteiger partial charge is 0.130 e. The third-order valence-corrected chi connectivity index (χ3v) is 3.70. The molecule has 3 nitrogen and oxygen atoms in total. The van der Waals surface area contributed by atoms with Gasteiger partial charge < -0.3 is 15.6 Å². The van der Waals surface area contributed by atoms with Crippen LogP contribution in [0.4, 0.5) is 4.39 Å². The van der Waals surface area contributed by atoms with Crippen molar-refractivity contribution in [1.29, 1.82) is 0 Å². The minimum Gasteiger partial charge on any atom is -0.497 e. The van der Waals surface area contributed by atoms with Crippen molar-refractivity contribution in [2.45, 2.75) is 12.0 Å². The highest BCUT2D eigenvalue weighted by atomic mass is 35.5. The van der Waals surface area contributed by atoms with Gasteiger partial charge in [0.15, 0.2) is 0 Å². The van der Waals surface area contributed by atoms with Crippen molar-refractivity contribution in [1.82, 2.24) is 0 Å². The number of halogens is 2. The maximum atomic E-state index is 13.9. The van der Waals surface area contributed by atoms with Crippen molar-refractivity contribution in [2.24, 2.45) is 5.73 Å². The van der Waals surface area contributed by atoms with Crippen LogP contribution < -0.4 is 10.5 Å². The van der Waals surface area contributed by atoms with Gasteiger partial charge in [0, 0.05) is 23.0 Å². The molecular weight excluding hydrogens is 293 g/mol. The molecule has 21 heavy (non-hydrogen) atoms. The molecule has 0 radical (unpaired) electrons. The molecule has 2 aromatic rings. The van der Waals surface area contributed by atoms with Crippen molar-refractivity contribution in [3.05, 3.63) is 64.4 Å². The van der Waals surface area contributed by atoms with E-state index in [4.69, 9.17) is 22.1 Å². The Bertz CT molecular complexity index is 604. The molecule has 112 valence electrons. The van der Waals surface area contributed by atoms with E-state index in [0.29, 0.717) is 5.75 Å². The van der Waals surface area contributed by atoms with Gasteiger partial charge in [-0.25, -0.2) is 4.39 Å². The van der Waals surface area contributed by atoms with Gasteiger partial charge in [-0.15, -0.1) is 0 Å². The lowest BCUT2D eigenvalue weighted by Gasteiger charge is -2.23. The Labute approximate surface area is 128 Å². The summed E-state index contributed by atoms with van der Waals surface area (Å²) in [7, 11) is 1.58. The van der Waals surface area contributed by atoms with Crippen LogP contribution in [0.3, 0.4) is 0 Å². The van der Waals surface area contributed by atoms with E-state index in [1.54, 1.807) is 25.3 Å². The first-order valence-corrected chi connectivity index (χ1v) is 6.91. The van der Waals surface area contributed by atoms with Gasteiger partial charge in [-0.3, -0.25) is 0 Å². The SMILES string of the molecule is COc1ccc(C(CN)C(O)c2ccc(Cl)cc2F)cc1. The van der Waals surface area contributed by atoms with Crippen molar-refractivity contribution < 1.29 is 14.2 Å². The van der Waals surface area contributed by atoms with Crippen LogP contribution >= 0.6 is 11.6 Å². The summed E-state index contributed by atoms with van der Waals surface area (Å²) in [6, 6.07) is 11.4. The monoisotopic (exact) mass is 309 g/mol. The molecule has 0 fully saturated rings. The van der Waals surface area contributed by atoms with Gasteiger partial charge in [-0.1, -0.05) is 29.8 Å². The van der Waals surface area contributed by atoms with Crippen LogP contribution in [0.2, 0.25) is 5.02 Å². The molecule has 2 unspecified atom stereocenters. The summed E-state index contributed by atoms with van der Waals surface area (Å²) < 4.78 is 19.0. The van der Waals surface area contributed by atoms with Crippen LogP contribution in [-0.4, -0.2) is 18.8 Å². The number of aliphatic hydroxyl groups excluding tert-OH is 1. The van der Waals surface area contributed by atoms with Crippen molar-refractivity contribution >= 4 is 11.6 Å². The van der Waals surface area contributed by atoms with Gasteiger partial charge in [-0.05, 0) is 29.8 Å². The average Bonchev–Trinajstić information content (AvgIpc) is 2.48. The maximum Gasteiger partial charge on any atom is 0.130 e. The number of methoxy groups -OCH3 is 1. The Kier molecular flexibility index (Phi) is 5.17. The van der Waals surface area contributed by atoms with Gasteiger partial charge in [0.25, 0.3) is 0 Å². The lowest BCUT2D eigenvalue weighted by Crippen LogP contribution is -2.21. The zero-order valence-corrected chi connectivity index (χ0v) is 12.3. The fourth-order valence-corrected chi connectivity index (χ4v) is 2.42. The highest BCUT2D eigenvalue weighted by Crippen LogP contribution is 2.33. The highest BCUT2D eigenvalue weighted by Gasteiger charge is 2.24. The largest absolute Gasteiger partial charge is 0.497 e. The molecule has 0 saturated heterocycles. The van der Waals surface area contributed by atoms with Crippen LogP contribution in [0.1, 0.15) is 23.1 Å². The van der Waals surface area contributed by atoms with Gasteiger partial charge in [0.05, 0.1) is 13.2 Å². The molecule has 3 N–H and O–H groups in total. The zero-order chi connectivity index (χ0) is 15.4. The second-order valence-corrected chi connectivity index (χ2v) is 5.16. The molecular formula is C16H17ClFNO2. The molecule has 2 rings (SSSR count). The highest BCUT2D eigenvalue weighted by molar-refractivity contribution is 6.30. The van der Waals surface area contributed by atoms with Gasteiger partial charge in [0.2, 0.25) is 0 Å². The Morgan fingerprint density at radius 3 is 2.43 bits per heavy atom. The molecule has 0 saturated carbocycles. The van der Waals surface area contributed by atoms with E-state index in [1.807, 2.05) is 12.1 Å². The van der Waals surface area contributed by atoms with E-state index in [0.717, 1.165) is 5.56 Å². The molecule has 5 heteroatoms. The minimum absolute atomic E-state index is 0.186. The van der Waals surface area contributed by atoms with Crippen LogP contribution in [0.25, 0.3) is 0 Å². The number of hydrogen-bond acceptors (Lipinski definition) is 3. The maximum absolute atomic E-state index is 13.9. The van der Waals surface area contributed by atoms with Crippen LogP contribution in [0.5, 0.6) is 5.75 Å². The molecule has 0 aliphatic rings. The van der Waals surface area contributed by atoms with Gasteiger partial charge in [-0.2, -0.15) is 0 Å². The predicted octanol–water partition coefficient (Wildman–Crippen LogP) is 3.26. The lowest BCUT2D eigenvalue weighted by atomic mass is 9.89. The van der Waals surface area contributed by atoms with E-state index < -0.39 is 17.8 Å². The van der Waals surface area contributed by atoms with E-state index in [2.05, 4.69) is 0 Å². The second-order valence-electron chi connectivity index (χ2n) is 4.73. The average molecular weight is 310 g/mol. The van der Waals surface area contributed by atoms with Gasteiger partial charge in [0.1, 0.15) is 11.6 Å². The summed E-state index contributed by atoms with van der Waals surface area (Å²) in [6.45, 7) is 0.190. The van der Waals surface area contributed by atoms with Crippen LogP contribution in [-0.2, 0) is 0 Å². The number of ether oxygens (including phenoxy) is 1. The Hall–Kier alpha value is -1.62. The van der Waals surface area contributed by atoms with Crippen LogP contribution in [0, 0.1) is 5.82 Å². The number of nitrogens with two attached hydrogens (primary N) is 1. The number of rotatable bonds is 5. The molecule has 0 amide bonds. The fourth-order valence-electron chi connectivity index (χ4n) is 2.26. The van der Waals surface area contributed by atoms with Crippen LogP contribution in [0.15, 0.2) is 42.5 Å². The molecule has 0 aromatic heterocycles. The molecule has 0 bridgehead atoms. The van der Waals surface area contributed by atoms with E-state index in [1.165, 1.54) is 12.1 Å². The minimum atomic E-state index is -1.04. The van der Waals surface area contributed by atoms with Crippen molar-refractivity contribution in [2.75, 3.05) is 13.7 Å². The van der Waals surface area contributed by atoms with Gasteiger partial charge >= 0.3 is 0 Å². The third-order valence-electron chi connectivity index (χ3n) is 3.46. The first-order chi connectivity index (χ1) is 10.1. The van der Waals surface area contributed by atoms with Crippen molar-refractivity contribution in [3.63, 3.8) is 0 Å².